The highest BCUT2D eigenvalue weighted by atomic mass is 35.5. The Morgan fingerprint density at radius 3 is 1.77 bits per heavy atom. The third-order valence-electron chi connectivity index (χ3n) is 5.64. The van der Waals surface area contributed by atoms with E-state index < -0.39 is 40.0 Å². The van der Waals surface area contributed by atoms with Crippen LogP contribution in [0.2, 0.25) is 10.0 Å². The van der Waals surface area contributed by atoms with Crippen molar-refractivity contribution in [3.8, 4) is 35.1 Å². The van der Waals surface area contributed by atoms with Crippen LogP contribution in [0.25, 0.3) is 0 Å². The molecule has 0 fully saturated rings. The lowest BCUT2D eigenvalue weighted by Crippen LogP contribution is -2.35. The zero-order valence-corrected chi connectivity index (χ0v) is 25.5. The molecule has 0 heterocycles. The number of ether oxygens (including phenoxy) is 2. The average Bonchev–Trinajstić information content (AvgIpc) is 3.01. The van der Waals surface area contributed by atoms with Crippen LogP contribution in [0.15, 0.2) is 94.7 Å². The van der Waals surface area contributed by atoms with Crippen molar-refractivity contribution in [1.82, 2.24) is 10.2 Å². The molecule has 11 nitrogen and oxygen atoms in total. The van der Waals surface area contributed by atoms with E-state index >= 15 is 0 Å². The number of benzene rings is 4. The minimum atomic E-state index is -4.05. The van der Waals surface area contributed by atoms with E-state index in [2.05, 4.69) is 10.2 Å². The Balaban J connectivity index is 1.23. The molecule has 0 aliphatic carbocycles. The van der Waals surface area contributed by atoms with Crippen LogP contribution in [0, 0.1) is 22.7 Å². The number of halogens is 2. The van der Waals surface area contributed by atoms with E-state index in [1.807, 2.05) is 12.1 Å². The van der Waals surface area contributed by atoms with Crippen molar-refractivity contribution in [3.63, 3.8) is 0 Å². The van der Waals surface area contributed by atoms with Crippen LogP contribution in [0.1, 0.15) is 11.1 Å². The van der Waals surface area contributed by atoms with E-state index in [4.69, 9.17) is 37.0 Å². The number of ketones is 1. The van der Waals surface area contributed by atoms with Gasteiger partial charge in [-0.05, 0) is 72.8 Å². The maximum atomic E-state index is 12.6. The van der Waals surface area contributed by atoms with Crippen LogP contribution in [0.5, 0.6) is 23.0 Å². The van der Waals surface area contributed by atoms with Gasteiger partial charge in [0.1, 0.15) is 46.3 Å². The largest absolute Gasteiger partial charge is 0.456 e. The quantitative estimate of drug-likeness (QED) is 0.175. The topological polar surface area (TPSA) is 168 Å². The molecule has 4 rings (SSSR count). The van der Waals surface area contributed by atoms with E-state index in [1.54, 1.807) is 36.4 Å². The molecule has 224 valence electrons. The molecular weight excluding hydrogens is 651 g/mol. The van der Waals surface area contributed by atoms with E-state index in [9.17, 15) is 27.9 Å². The monoisotopic (exact) mass is 670 g/mol. The van der Waals surface area contributed by atoms with Crippen molar-refractivity contribution in [2.24, 2.45) is 0 Å². The molecule has 0 bridgehead atoms. The summed E-state index contributed by atoms with van der Waals surface area (Å²) < 4.78 is 56.1. The number of hydroxylamine groups is 1. The van der Waals surface area contributed by atoms with E-state index in [-0.39, 0.29) is 48.2 Å². The molecule has 44 heavy (non-hydrogen) atoms. The molecule has 0 amide bonds. The van der Waals surface area contributed by atoms with Crippen LogP contribution >= 0.6 is 23.2 Å². The van der Waals surface area contributed by atoms with E-state index in [1.165, 1.54) is 48.5 Å². The number of rotatable bonds is 13. The molecule has 0 radical (unpaired) electrons. The first-order valence-electron chi connectivity index (χ1n) is 12.4. The van der Waals surface area contributed by atoms with Gasteiger partial charge in [-0.3, -0.25) is 4.79 Å². The summed E-state index contributed by atoms with van der Waals surface area (Å²) in [4.78, 5) is 12.3. The summed E-state index contributed by atoms with van der Waals surface area (Å²) in [5, 5.41) is 19.0. The molecule has 1 unspecified atom stereocenters. The number of hydrogen-bond donors (Lipinski definition) is 2. The van der Waals surface area contributed by atoms with Gasteiger partial charge in [0.15, 0.2) is 5.78 Å². The second-order valence-corrected chi connectivity index (χ2v) is 12.3. The second kappa shape index (κ2) is 14.9. The van der Waals surface area contributed by atoms with Crippen molar-refractivity contribution in [2.75, 3.05) is 13.1 Å². The zero-order valence-electron chi connectivity index (χ0n) is 22.3. The number of nitrogens with one attached hydrogen (secondary N) is 2. The molecule has 0 saturated carbocycles. The Kier molecular flexibility index (Phi) is 11.1. The Morgan fingerprint density at radius 1 is 0.773 bits per heavy atom. The smallest absolute Gasteiger partial charge is 0.240 e. The predicted molar refractivity (Wildman–Crippen MR) is 161 cm³/mol. The van der Waals surface area contributed by atoms with E-state index in [0.29, 0.717) is 5.75 Å². The van der Waals surface area contributed by atoms with Crippen molar-refractivity contribution < 1.29 is 31.2 Å². The molecule has 2 N–H and O–H groups in total. The van der Waals surface area contributed by atoms with Crippen LogP contribution in [-0.4, -0.2) is 31.5 Å². The number of Topliss-reactive ketones (excluding diaryl/α,β-unsaturated/α-hetero) is 1. The fraction of sp³-hybridized carbons (Fsp3) is 0.0690. The van der Waals surface area contributed by atoms with Crippen LogP contribution in [0.3, 0.4) is 0 Å². The third-order valence-corrected chi connectivity index (χ3v) is 8.62. The van der Waals surface area contributed by atoms with Gasteiger partial charge in [-0.15, -0.1) is 0 Å². The van der Waals surface area contributed by atoms with Crippen LogP contribution in [-0.2, 0) is 30.2 Å². The van der Waals surface area contributed by atoms with Gasteiger partial charge in [-0.1, -0.05) is 35.3 Å². The standard InChI is InChI=1S/C29H20Cl2N4O7S2/c30-26-3-1-5-28(24(26)15-32)40-20-7-11-22(12-8-20)43(37)42-34-17-19(36)18-35-44(38,39)23-13-9-21(10-14-23)41-29-6-2-4-27(31)25(29)16-33/h1-14,34-35H,17-18H2. The molecule has 15 heteroatoms. The molecule has 0 aliphatic heterocycles. The number of sulfonamides is 1. The Labute approximate surface area is 265 Å². The van der Waals surface area contributed by atoms with Gasteiger partial charge in [-0.25, -0.2) is 17.3 Å². The van der Waals surface area contributed by atoms with Gasteiger partial charge in [0.05, 0.1) is 32.9 Å². The van der Waals surface area contributed by atoms with Crippen LogP contribution in [0.4, 0.5) is 0 Å². The number of nitriles is 2. The molecule has 4 aromatic rings. The van der Waals surface area contributed by atoms with Crippen molar-refractivity contribution in [2.45, 2.75) is 9.79 Å². The third kappa shape index (κ3) is 8.41. The summed E-state index contributed by atoms with van der Waals surface area (Å²) in [6, 6.07) is 24.7. The Hall–Kier alpha value is -4.31. The fourth-order valence-corrected chi connectivity index (χ4v) is 5.54. The highest BCUT2D eigenvalue weighted by molar-refractivity contribution is 7.89. The molecule has 0 aliphatic rings. The summed E-state index contributed by atoms with van der Waals surface area (Å²) in [6.07, 6.45) is 0. The molecule has 0 aromatic heterocycles. The van der Waals surface area contributed by atoms with Gasteiger partial charge in [-0.2, -0.15) is 20.3 Å². The number of nitrogens with zero attached hydrogens (tertiary/aromatic N) is 2. The van der Waals surface area contributed by atoms with Crippen molar-refractivity contribution in [3.05, 3.63) is 106 Å². The first-order valence-corrected chi connectivity index (χ1v) is 15.7. The molecule has 1 atom stereocenters. The molecular formula is C29H20Cl2N4O7S2. The summed E-state index contributed by atoms with van der Waals surface area (Å²) in [7, 11) is -4.05. The van der Waals surface area contributed by atoms with Crippen molar-refractivity contribution in [1.29, 1.82) is 10.5 Å². The van der Waals surface area contributed by atoms with Crippen LogP contribution < -0.4 is 19.7 Å². The number of carbonyl (C=O) groups is 1. The summed E-state index contributed by atoms with van der Waals surface area (Å²) in [5.74, 6) is 0.510. The molecule has 0 spiro atoms. The van der Waals surface area contributed by atoms with Gasteiger partial charge >= 0.3 is 0 Å². The highest BCUT2D eigenvalue weighted by Gasteiger charge is 2.17. The lowest BCUT2D eigenvalue weighted by molar-refractivity contribution is -0.118. The van der Waals surface area contributed by atoms with Gasteiger partial charge in [0.2, 0.25) is 21.1 Å². The van der Waals surface area contributed by atoms with Crippen molar-refractivity contribution >= 4 is 50.1 Å². The lowest BCUT2D eigenvalue weighted by Gasteiger charge is -2.10. The maximum absolute atomic E-state index is 12.6. The second-order valence-electron chi connectivity index (χ2n) is 8.60. The van der Waals surface area contributed by atoms with E-state index in [0.717, 1.165) is 0 Å². The predicted octanol–water partition coefficient (Wildman–Crippen LogP) is 5.41. The lowest BCUT2D eigenvalue weighted by atomic mass is 10.2. The Bertz CT molecular complexity index is 1890. The first-order chi connectivity index (χ1) is 21.1. The fourth-order valence-electron chi connectivity index (χ4n) is 3.49. The van der Waals surface area contributed by atoms with Gasteiger partial charge in [0, 0.05) is 0 Å². The minimum absolute atomic E-state index is 0.124. The average molecular weight is 672 g/mol. The summed E-state index contributed by atoms with van der Waals surface area (Å²) >= 11 is 10.00. The highest BCUT2D eigenvalue weighted by Crippen LogP contribution is 2.31. The SMILES string of the molecule is N#Cc1c(Cl)cccc1Oc1ccc(S(=O)ONCC(=O)CNS(=O)(=O)c2ccc(Oc3cccc(Cl)c3C#N)cc2)cc1. The normalized spacial score (nSPS) is 11.6. The summed E-state index contributed by atoms with van der Waals surface area (Å²) in [6.45, 7) is -0.993. The number of hydrogen-bond acceptors (Lipinski definition) is 10. The molecule has 4 aromatic carbocycles. The Morgan fingerprint density at radius 2 is 1.27 bits per heavy atom. The molecule has 0 saturated heterocycles. The van der Waals surface area contributed by atoms with Gasteiger partial charge in [0.25, 0.3) is 0 Å². The number of carbonyl (C=O) groups excluding carboxylic acids is 1. The minimum Gasteiger partial charge on any atom is -0.456 e. The first kappa shape index (κ1) is 32.6. The zero-order chi connectivity index (χ0) is 31.7. The maximum Gasteiger partial charge on any atom is 0.240 e. The summed E-state index contributed by atoms with van der Waals surface area (Å²) in [5.41, 5.74) is 2.58. The van der Waals surface area contributed by atoms with Gasteiger partial charge < -0.3 is 9.47 Å².